The Balaban J connectivity index is 2.08. The molecule has 4 nitrogen and oxygen atoms in total. The first-order valence-electron chi connectivity index (χ1n) is 7.11. The summed E-state index contributed by atoms with van der Waals surface area (Å²) in [7, 11) is 0. The molecule has 1 atom stereocenters. The summed E-state index contributed by atoms with van der Waals surface area (Å²) in [5.74, 6) is 0.0576. The second-order valence-corrected chi connectivity index (χ2v) is 5.68. The van der Waals surface area contributed by atoms with Crippen molar-refractivity contribution < 1.29 is 4.79 Å². The Kier molecular flexibility index (Phi) is 3.29. The van der Waals surface area contributed by atoms with Crippen LogP contribution in [0.4, 0.5) is 17.1 Å². The number of amides is 1. The first kappa shape index (κ1) is 13.5. The van der Waals surface area contributed by atoms with Gasteiger partial charge in [-0.25, -0.2) is 0 Å². The molecule has 1 heterocycles. The van der Waals surface area contributed by atoms with E-state index in [0.717, 1.165) is 18.7 Å². The molecule has 4 N–H and O–H groups in total. The molecular weight excluding hydrogens is 262 g/mol. The summed E-state index contributed by atoms with van der Waals surface area (Å²) >= 11 is 0. The summed E-state index contributed by atoms with van der Waals surface area (Å²) < 4.78 is 0. The van der Waals surface area contributed by atoms with Crippen LogP contribution in [0.25, 0.3) is 0 Å². The predicted molar refractivity (Wildman–Crippen MR) is 85.7 cm³/mol. The fourth-order valence-electron chi connectivity index (χ4n) is 2.97. The van der Waals surface area contributed by atoms with E-state index < -0.39 is 5.91 Å². The quantitative estimate of drug-likeness (QED) is 0.831. The van der Waals surface area contributed by atoms with Crippen LogP contribution in [-0.2, 0) is 6.42 Å². The van der Waals surface area contributed by atoms with Crippen LogP contribution in [0.15, 0.2) is 42.5 Å². The van der Waals surface area contributed by atoms with E-state index in [9.17, 15) is 4.79 Å². The molecule has 0 saturated heterocycles. The van der Waals surface area contributed by atoms with Crippen LogP contribution < -0.4 is 16.4 Å². The van der Waals surface area contributed by atoms with Crippen LogP contribution in [0.1, 0.15) is 22.8 Å². The molecule has 1 unspecified atom stereocenters. The maximum absolute atomic E-state index is 11.5. The van der Waals surface area contributed by atoms with E-state index in [1.165, 1.54) is 11.3 Å². The number of benzene rings is 2. The highest BCUT2D eigenvalue weighted by Crippen LogP contribution is 2.36. The van der Waals surface area contributed by atoms with Crippen LogP contribution in [-0.4, -0.2) is 12.5 Å². The second kappa shape index (κ2) is 5.13. The molecule has 2 aromatic carbocycles. The van der Waals surface area contributed by atoms with Crippen LogP contribution in [0.5, 0.6) is 0 Å². The normalized spacial score (nSPS) is 17.4. The smallest absolute Gasteiger partial charge is 0.250 e. The van der Waals surface area contributed by atoms with Crippen LogP contribution in [0.2, 0.25) is 0 Å². The number of fused-ring (bicyclic) bond motifs is 1. The van der Waals surface area contributed by atoms with Gasteiger partial charge in [0.05, 0.1) is 5.56 Å². The Morgan fingerprint density at radius 1 is 1.24 bits per heavy atom. The number of anilines is 3. The third kappa shape index (κ3) is 2.44. The van der Waals surface area contributed by atoms with E-state index in [-0.39, 0.29) is 0 Å². The third-order valence-electron chi connectivity index (χ3n) is 3.96. The molecule has 108 valence electrons. The number of hydrogen-bond donors (Lipinski definition) is 2. The highest BCUT2D eigenvalue weighted by molar-refractivity contribution is 5.99. The fraction of sp³-hybridized carbons (Fsp3) is 0.235. The highest BCUT2D eigenvalue weighted by Gasteiger charge is 2.23. The van der Waals surface area contributed by atoms with Crippen molar-refractivity contribution in [2.24, 2.45) is 11.7 Å². The molecule has 0 radical (unpaired) electrons. The van der Waals surface area contributed by atoms with E-state index in [4.69, 9.17) is 11.5 Å². The zero-order chi connectivity index (χ0) is 15.0. The zero-order valence-electron chi connectivity index (χ0n) is 12.0. The number of carbonyl (C=O) groups is 1. The average Bonchev–Trinajstić information content (AvgIpc) is 2.46. The summed E-state index contributed by atoms with van der Waals surface area (Å²) in [5, 5.41) is 0. The van der Waals surface area contributed by atoms with Gasteiger partial charge in [0.2, 0.25) is 0 Å². The van der Waals surface area contributed by atoms with Crippen molar-refractivity contribution in [1.82, 2.24) is 0 Å². The van der Waals surface area contributed by atoms with Gasteiger partial charge < -0.3 is 16.4 Å². The first-order valence-corrected chi connectivity index (χ1v) is 7.11. The molecule has 4 heteroatoms. The second-order valence-electron chi connectivity index (χ2n) is 5.68. The van der Waals surface area contributed by atoms with Crippen molar-refractivity contribution in [1.29, 1.82) is 0 Å². The fourth-order valence-corrected chi connectivity index (χ4v) is 2.97. The van der Waals surface area contributed by atoms with Gasteiger partial charge in [0.1, 0.15) is 0 Å². The molecule has 1 aliphatic rings. The standard InChI is InChI=1S/C17H19N3O/c1-11-8-12-4-2-3-5-16(12)20(10-11)13-6-7-15(18)14(9-13)17(19)21/h2-7,9,11H,8,10,18H2,1H3,(H2,19,21). The van der Waals surface area contributed by atoms with Gasteiger partial charge in [0.15, 0.2) is 0 Å². The Hall–Kier alpha value is -2.49. The Morgan fingerprint density at radius 2 is 2.00 bits per heavy atom. The lowest BCUT2D eigenvalue weighted by molar-refractivity contribution is 0.100. The van der Waals surface area contributed by atoms with Crippen molar-refractivity contribution >= 4 is 23.0 Å². The molecule has 0 fully saturated rings. The number of para-hydroxylation sites is 1. The van der Waals surface area contributed by atoms with Crippen LogP contribution >= 0.6 is 0 Å². The Labute approximate surface area is 124 Å². The summed E-state index contributed by atoms with van der Waals surface area (Å²) in [6, 6.07) is 13.8. The highest BCUT2D eigenvalue weighted by atomic mass is 16.1. The van der Waals surface area contributed by atoms with Crippen molar-refractivity contribution in [2.75, 3.05) is 17.2 Å². The van der Waals surface area contributed by atoms with Gasteiger partial charge in [0, 0.05) is 23.6 Å². The van der Waals surface area contributed by atoms with Gasteiger partial charge in [-0.05, 0) is 42.2 Å². The summed E-state index contributed by atoms with van der Waals surface area (Å²) in [6.45, 7) is 3.15. The molecule has 0 spiro atoms. The Morgan fingerprint density at radius 3 is 2.76 bits per heavy atom. The molecule has 1 aliphatic heterocycles. The van der Waals surface area contributed by atoms with Gasteiger partial charge in [0.25, 0.3) is 5.91 Å². The zero-order valence-corrected chi connectivity index (χ0v) is 12.0. The SMILES string of the molecule is CC1Cc2ccccc2N(c2ccc(N)c(C(N)=O)c2)C1. The number of nitrogens with zero attached hydrogens (tertiary/aromatic N) is 1. The van der Waals surface area contributed by atoms with Gasteiger partial charge in [-0.1, -0.05) is 25.1 Å². The summed E-state index contributed by atoms with van der Waals surface area (Å²) in [6.07, 6.45) is 1.07. The lowest BCUT2D eigenvalue weighted by Crippen LogP contribution is -2.30. The lowest BCUT2D eigenvalue weighted by Gasteiger charge is -2.35. The number of rotatable bonds is 2. The van der Waals surface area contributed by atoms with Crippen LogP contribution in [0.3, 0.4) is 0 Å². The van der Waals surface area contributed by atoms with E-state index >= 15 is 0 Å². The van der Waals surface area contributed by atoms with Crippen molar-refractivity contribution in [2.45, 2.75) is 13.3 Å². The number of primary amides is 1. The number of nitrogen functional groups attached to an aromatic ring is 1. The number of hydrogen-bond acceptors (Lipinski definition) is 3. The third-order valence-corrected chi connectivity index (χ3v) is 3.96. The van der Waals surface area contributed by atoms with Gasteiger partial charge in [-0.3, -0.25) is 4.79 Å². The molecule has 2 aromatic rings. The minimum atomic E-state index is -0.493. The minimum absolute atomic E-state index is 0.378. The monoisotopic (exact) mass is 281 g/mol. The van der Waals surface area contributed by atoms with Gasteiger partial charge in [-0.2, -0.15) is 0 Å². The van der Waals surface area contributed by atoms with Crippen molar-refractivity contribution in [3.8, 4) is 0 Å². The molecule has 1 amide bonds. The maximum Gasteiger partial charge on any atom is 0.250 e. The molecule has 3 rings (SSSR count). The topological polar surface area (TPSA) is 72.3 Å². The largest absolute Gasteiger partial charge is 0.398 e. The molecule has 0 bridgehead atoms. The van der Waals surface area contributed by atoms with Crippen LogP contribution in [0, 0.1) is 5.92 Å². The summed E-state index contributed by atoms with van der Waals surface area (Å²) in [4.78, 5) is 13.7. The minimum Gasteiger partial charge on any atom is -0.398 e. The molecular formula is C17H19N3O. The van der Waals surface area contributed by atoms with Crippen molar-refractivity contribution in [3.63, 3.8) is 0 Å². The average molecular weight is 281 g/mol. The molecule has 21 heavy (non-hydrogen) atoms. The van der Waals surface area contributed by atoms with Gasteiger partial charge in [-0.15, -0.1) is 0 Å². The van der Waals surface area contributed by atoms with E-state index in [1.54, 1.807) is 12.1 Å². The van der Waals surface area contributed by atoms with Gasteiger partial charge >= 0.3 is 0 Å². The van der Waals surface area contributed by atoms with E-state index in [1.807, 2.05) is 12.1 Å². The van der Waals surface area contributed by atoms with E-state index in [0.29, 0.717) is 17.2 Å². The Bertz CT molecular complexity index is 696. The number of carbonyl (C=O) groups excluding carboxylic acids is 1. The molecule has 0 saturated carbocycles. The van der Waals surface area contributed by atoms with Crippen molar-refractivity contribution in [3.05, 3.63) is 53.6 Å². The van der Waals surface area contributed by atoms with E-state index in [2.05, 4.69) is 30.0 Å². The lowest BCUT2D eigenvalue weighted by atomic mass is 9.93. The maximum atomic E-state index is 11.5. The summed E-state index contributed by atoms with van der Waals surface area (Å²) in [5.41, 5.74) is 15.5. The molecule has 0 aliphatic carbocycles. The predicted octanol–water partition coefficient (Wildman–Crippen LogP) is 2.70. The molecule has 0 aromatic heterocycles. The first-order chi connectivity index (χ1) is 10.1. The number of nitrogens with two attached hydrogens (primary N) is 2.